The molecule has 0 saturated heterocycles. The topological polar surface area (TPSA) is 96.6 Å². The summed E-state index contributed by atoms with van der Waals surface area (Å²) in [7, 11) is 0. The summed E-state index contributed by atoms with van der Waals surface area (Å²) in [6.45, 7) is 1.66. The fraction of sp³-hybridized carbons (Fsp3) is 0.235. The lowest BCUT2D eigenvalue weighted by Gasteiger charge is -2.22. The van der Waals surface area contributed by atoms with Gasteiger partial charge in [0.2, 0.25) is 0 Å². The van der Waals surface area contributed by atoms with E-state index in [0.29, 0.717) is 5.56 Å². The first-order valence-corrected chi connectivity index (χ1v) is 7.19. The number of carbonyl (C=O) groups excluding carboxylic acids is 2. The number of hydrogen-bond acceptors (Lipinski definition) is 4. The zero-order chi connectivity index (χ0) is 16.8. The fourth-order valence-electron chi connectivity index (χ4n) is 2.30. The van der Waals surface area contributed by atoms with Gasteiger partial charge in [-0.1, -0.05) is 25.1 Å². The maximum atomic E-state index is 12.5. The number of Topliss-reactive ketones (excluding diaryl/α,β-unsaturated/α-hetero) is 1. The van der Waals surface area contributed by atoms with Crippen LogP contribution in [0, 0.1) is 5.92 Å². The van der Waals surface area contributed by atoms with Gasteiger partial charge >= 0.3 is 5.97 Å². The number of rotatable bonds is 7. The Morgan fingerprint density at radius 3 is 2.35 bits per heavy atom. The lowest BCUT2D eigenvalue weighted by Crippen LogP contribution is -2.48. The molecule has 2 unspecified atom stereocenters. The summed E-state index contributed by atoms with van der Waals surface area (Å²) in [5, 5.41) is 11.9. The second-order valence-corrected chi connectivity index (χ2v) is 5.05. The van der Waals surface area contributed by atoms with E-state index in [9.17, 15) is 19.5 Å². The lowest BCUT2D eigenvalue weighted by molar-refractivity contribution is -0.142. The number of furan rings is 1. The number of amides is 1. The summed E-state index contributed by atoms with van der Waals surface area (Å²) >= 11 is 0. The first-order valence-electron chi connectivity index (χ1n) is 7.19. The van der Waals surface area contributed by atoms with Gasteiger partial charge in [-0.25, -0.2) is 0 Å². The number of carboxylic acids is 1. The monoisotopic (exact) mass is 315 g/mol. The van der Waals surface area contributed by atoms with E-state index in [1.165, 1.54) is 18.6 Å². The highest BCUT2D eigenvalue weighted by atomic mass is 16.4. The highest BCUT2D eigenvalue weighted by molar-refractivity contribution is 6.05. The van der Waals surface area contributed by atoms with Gasteiger partial charge in [0.05, 0.1) is 17.7 Å². The second kappa shape index (κ2) is 7.40. The van der Waals surface area contributed by atoms with Gasteiger partial charge in [0.1, 0.15) is 12.3 Å². The molecule has 0 aliphatic heterocycles. The smallest absolute Gasteiger partial charge is 0.309 e. The van der Waals surface area contributed by atoms with E-state index in [1.54, 1.807) is 37.3 Å². The third kappa shape index (κ3) is 3.85. The van der Waals surface area contributed by atoms with Crippen molar-refractivity contribution in [1.29, 1.82) is 0 Å². The van der Waals surface area contributed by atoms with E-state index in [2.05, 4.69) is 5.32 Å². The van der Waals surface area contributed by atoms with Crippen LogP contribution >= 0.6 is 0 Å². The van der Waals surface area contributed by atoms with E-state index in [1.807, 2.05) is 0 Å². The number of hydrogen-bond donors (Lipinski definition) is 2. The molecule has 0 fully saturated rings. The van der Waals surface area contributed by atoms with Crippen molar-refractivity contribution in [3.05, 3.63) is 60.1 Å². The molecule has 6 nitrogen and oxygen atoms in total. The van der Waals surface area contributed by atoms with Crippen molar-refractivity contribution in [1.82, 2.24) is 5.32 Å². The van der Waals surface area contributed by atoms with Crippen LogP contribution in [0.15, 0.2) is 53.3 Å². The van der Waals surface area contributed by atoms with Crippen molar-refractivity contribution in [3.63, 3.8) is 0 Å². The molecule has 1 aromatic heterocycles. The summed E-state index contributed by atoms with van der Waals surface area (Å²) in [4.78, 5) is 36.3. The first kappa shape index (κ1) is 16.5. The van der Waals surface area contributed by atoms with E-state index in [0.717, 1.165) is 0 Å². The van der Waals surface area contributed by atoms with Crippen LogP contribution in [0.5, 0.6) is 0 Å². The third-order valence-corrected chi connectivity index (χ3v) is 3.57. The summed E-state index contributed by atoms with van der Waals surface area (Å²) in [6.07, 6.45) is 2.77. The molecule has 0 bridgehead atoms. The van der Waals surface area contributed by atoms with Crippen molar-refractivity contribution >= 4 is 17.7 Å². The molecule has 120 valence electrons. The van der Waals surface area contributed by atoms with E-state index in [-0.39, 0.29) is 12.0 Å². The van der Waals surface area contributed by atoms with Gasteiger partial charge in [-0.15, -0.1) is 0 Å². The maximum absolute atomic E-state index is 12.5. The standard InChI is InChI=1S/C17H17NO5/c1-2-13(17(21)22)14(15(19)12-8-9-23-10-12)18-16(20)11-6-4-3-5-7-11/h3-10,13-14H,2H2,1H3,(H,18,20)(H,21,22). The molecule has 0 aliphatic rings. The lowest BCUT2D eigenvalue weighted by atomic mass is 9.91. The third-order valence-electron chi connectivity index (χ3n) is 3.57. The van der Waals surface area contributed by atoms with Crippen molar-refractivity contribution in [3.8, 4) is 0 Å². The van der Waals surface area contributed by atoms with Crippen molar-refractivity contribution in [2.75, 3.05) is 0 Å². The summed E-state index contributed by atoms with van der Waals surface area (Å²) < 4.78 is 4.87. The zero-order valence-corrected chi connectivity index (χ0v) is 12.6. The van der Waals surface area contributed by atoms with Gasteiger partial charge in [0, 0.05) is 5.56 Å². The molecule has 1 aromatic carbocycles. The van der Waals surface area contributed by atoms with Crippen LogP contribution in [0.25, 0.3) is 0 Å². The minimum absolute atomic E-state index is 0.207. The Balaban J connectivity index is 2.28. The van der Waals surface area contributed by atoms with E-state index < -0.39 is 29.6 Å². The Kier molecular flexibility index (Phi) is 5.30. The van der Waals surface area contributed by atoms with Crippen LogP contribution in [0.2, 0.25) is 0 Å². The SMILES string of the molecule is CCC(C(=O)O)C(NC(=O)c1ccccc1)C(=O)c1ccoc1. The molecular formula is C17H17NO5. The van der Waals surface area contributed by atoms with Crippen LogP contribution in [0.4, 0.5) is 0 Å². The van der Waals surface area contributed by atoms with Gasteiger partial charge in [0.15, 0.2) is 5.78 Å². The zero-order valence-electron chi connectivity index (χ0n) is 12.6. The second-order valence-electron chi connectivity index (χ2n) is 5.05. The number of nitrogens with one attached hydrogen (secondary N) is 1. The largest absolute Gasteiger partial charge is 0.481 e. The van der Waals surface area contributed by atoms with Crippen LogP contribution < -0.4 is 5.32 Å². The molecule has 2 N–H and O–H groups in total. The molecular weight excluding hydrogens is 298 g/mol. The van der Waals surface area contributed by atoms with Crippen molar-refractivity contribution in [2.24, 2.45) is 5.92 Å². The van der Waals surface area contributed by atoms with Crippen LogP contribution in [0.1, 0.15) is 34.1 Å². The molecule has 2 rings (SSSR count). The Bertz CT molecular complexity index is 678. The first-order chi connectivity index (χ1) is 11.0. The van der Waals surface area contributed by atoms with E-state index in [4.69, 9.17) is 4.42 Å². The molecule has 1 heterocycles. The molecule has 1 amide bonds. The summed E-state index contributed by atoms with van der Waals surface area (Å²) in [5.41, 5.74) is 0.584. The minimum atomic E-state index is -1.16. The molecule has 0 aliphatic carbocycles. The average molecular weight is 315 g/mol. The van der Waals surface area contributed by atoms with Crippen molar-refractivity contribution in [2.45, 2.75) is 19.4 Å². The summed E-state index contributed by atoms with van der Waals surface area (Å²) in [5.74, 6) is -3.14. The van der Waals surface area contributed by atoms with Gasteiger partial charge in [-0.2, -0.15) is 0 Å². The maximum Gasteiger partial charge on any atom is 0.309 e. The molecule has 2 atom stereocenters. The van der Waals surface area contributed by atoms with Crippen LogP contribution in [-0.4, -0.2) is 28.8 Å². The van der Waals surface area contributed by atoms with Crippen molar-refractivity contribution < 1.29 is 23.9 Å². The van der Waals surface area contributed by atoms with E-state index >= 15 is 0 Å². The Morgan fingerprint density at radius 1 is 1.13 bits per heavy atom. The highest BCUT2D eigenvalue weighted by Gasteiger charge is 2.34. The number of ketones is 1. The Hall–Kier alpha value is -2.89. The average Bonchev–Trinajstić information content (AvgIpc) is 3.08. The molecule has 6 heteroatoms. The quantitative estimate of drug-likeness (QED) is 0.765. The molecule has 2 aromatic rings. The predicted octanol–water partition coefficient (Wildman–Crippen LogP) is 2.37. The normalized spacial score (nSPS) is 13.1. The van der Waals surface area contributed by atoms with Gasteiger partial charge < -0.3 is 14.8 Å². The van der Waals surface area contributed by atoms with Gasteiger partial charge in [-0.05, 0) is 24.6 Å². The molecule has 0 spiro atoms. The molecule has 0 radical (unpaired) electrons. The number of carbonyl (C=O) groups is 3. The predicted molar refractivity (Wildman–Crippen MR) is 82.2 cm³/mol. The minimum Gasteiger partial charge on any atom is -0.481 e. The Morgan fingerprint density at radius 2 is 1.83 bits per heavy atom. The number of benzene rings is 1. The van der Waals surface area contributed by atoms with Crippen LogP contribution in [0.3, 0.4) is 0 Å². The number of aliphatic carboxylic acids is 1. The van der Waals surface area contributed by atoms with Crippen LogP contribution in [-0.2, 0) is 4.79 Å². The molecule has 0 saturated carbocycles. The van der Waals surface area contributed by atoms with Gasteiger partial charge in [0.25, 0.3) is 5.91 Å². The number of carboxylic acid groups (broad SMARTS) is 1. The fourth-order valence-corrected chi connectivity index (χ4v) is 2.30. The van der Waals surface area contributed by atoms with Gasteiger partial charge in [-0.3, -0.25) is 14.4 Å². The summed E-state index contributed by atoms with van der Waals surface area (Å²) in [6, 6.07) is 8.61. The molecule has 23 heavy (non-hydrogen) atoms. The Labute approximate surface area is 133 Å². The highest BCUT2D eigenvalue weighted by Crippen LogP contribution is 2.16.